The molecule has 2 aliphatic heterocycles. The number of benzene rings is 1. The summed E-state index contributed by atoms with van der Waals surface area (Å²) in [7, 11) is 1.79. The molecule has 0 saturated heterocycles. The van der Waals surface area contributed by atoms with Crippen molar-refractivity contribution in [2.45, 2.75) is 25.5 Å². The Labute approximate surface area is 110 Å². The summed E-state index contributed by atoms with van der Waals surface area (Å²) in [6.07, 6.45) is 1.52. The smallest absolute Gasteiger partial charge is 0.236 e. The molecule has 0 atom stereocenters. The van der Waals surface area contributed by atoms with E-state index in [1.807, 2.05) is 6.92 Å². The second kappa shape index (κ2) is 4.03. The number of fused-ring (bicyclic) bond motifs is 2. The first-order valence-corrected chi connectivity index (χ1v) is 8.30. The molecular weight excluding hydrogens is 276 g/mol. The number of hydrogen-bond acceptors (Lipinski definition) is 4. The van der Waals surface area contributed by atoms with E-state index in [-0.39, 0.29) is 5.75 Å². The van der Waals surface area contributed by atoms with Crippen LogP contribution in [0.3, 0.4) is 0 Å². The largest absolute Gasteiger partial charge is 0.493 e. The van der Waals surface area contributed by atoms with Crippen molar-refractivity contribution in [2.75, 3.05) is 13.2 Å². The van der Waals surface area contributed by atoms with E-state index in [2.05, 4.69) is 0 Å². The van der Waals surface area contributed by atoms with Crippen LogP contribution in [0, 0.1) is 6.92 Å². The van der Waals surface area contributed by atoms with Crippen LogP contribution in [-0.4, -0.2) is 21.6 Å². The lowest BCUT2D eigenvalue weighted by Gasteiger charge is -2.14. The fourth-order valence-electron chi connectivity index (χ4n) is 2.76. The highest BCUT2D eigenvalue weighted by atomic mass is 35.7. The summed E-state index contributed by atoms with van der Waals surface area (Å²) in [5.41, 5.74) is 3.77. The highest BCUT2D eigenvalue weighted by Gasteiger charge is 2.31. The minimum absolute atomic E-state index is 0.192. The van der Waals surface area contributed by atoms with Gasteiger partial charge < -0.3 is 9.47 Å². The van der Waals surface area contributed by atoms with Crippen molar-refractivity contribution >= 4 is 19.7 Å². The molecule has 4 nitrogen and oxygen atoms in total. The summed E-state index contributed by atoms with van der Waals surface area (Å²) in [5, 5.41) is 0. The third kappa shape index (κ3) is 1.86. The number of ether oxygens (including phenoxy) is 2. The molecule has 0 bridgehead atoms. The first-order valence-electron chi connectivity index (χ1n) is 5.82. The standard InChI is InChI=1S/C12H13ClO4S/c1-7-8-2-4-17-12(8)10(6-18(13,14)15)9-3-5-16-11(7)9/h2-6H2,1H3. The lowest BCUT2D eigenvalue weighted by atomic mass is 9.96. The molecular formula is C12H13ClO4S. The van der Waals surface area contributed by atoms with Crippen LogP contribution in [0.15, 0.2) is 0 Å². The van der Waals surface area contributed by atoms with Gasteiger partial charge in [0.1, 0.15) is 11.5 Å². The van der Waals surface area contributed by atoms with Crippen molar-refractivity contribution in [1.29, 1.82) is 0 Å². The summed E-state index contributed by atoms with van der Waals surface area (Å²) >= 11 is 0. The molecule has 1 aromatic carbocycles. The summed E-state index contributed by atoms with van der Waals surface area (Å²) in [5.74, 6) is 1.35. The fraction of sp³-hybridized carbons (Fsp3) is 0.500. The zero-order chi connectivity index (χ0) is 12.9. The average molecular weight is 289 g/mol. The van der Waals surface area contributed by atoms with Gasteiger partial charge in [-0.05, 0) is 12.5 Å². The Kier molecular flexibility index (Phi) is 2.71. The van der Waals surface area contributed by atoms with Crippen molar-refractivity contribution in [3.63, 3.8) is 0 Å². The van der Waals surface area contributed by atoms with E-state index >= 15 is 0 Å². The van der Waals surface area contributed by atoms with Crippen LogP contribution in [0.5, 0.6) is 11.5 Å². The lowest BCUT2D eigenvalue weighted by Crippen LogP contribution is -2.03. The Hall–Kier alpha value is -0.940. The summed E-state index contributed by atoms with van der Waals surface area (Å²) < 4.78 is 33.9. The van der Waals surface area contributed by atoms with Gasteiger partial charge in [-0.15, -0.1) is 0 Å². The molecule has 6 heteroatoms. The third-order valence-corrected chi connectivity index (χ3v) is 4.45. The van der Waals surface area contributed by atoms with Gasteiger partial charge in [0.25, 0.3) is 0 Å². The molecule has 0 unspecified atom stereocenters. The summed E-state index contributed by atoms with van der Waals surface area (Å²) in [6, 6.07) is 0. The maximum atomic E-state index is 11.4. The van der Waals surface area contributed by atoms with E-state index < -0.39 is 9.05 Å². The molecule has 0 radical (unpaired) electrons. The Bertz CT molecular complexity index is 586. The molecule has 2 heterocycles. The van der Waals surface area contributed by atoms with Crippen molar-refractivity contribution in [2.24, 2.45) is 0 Å². The first kappa shape index (κ1) is 12.1. The highest BCUT2D eigenvalue weighted by molar-refractivity contribution is 8.13. The number of rotatable bonds is 2. The van der Waals surface area contributed by atoms with Crippen LogP contribution in [0.2, 0.25) is 0 Å². The van der Waals surface area contributed by atoms with Gasteiger partial charge in [-0.2, -0.15) is 0 Å². The van der Waals surface area contributed by atoms with E-state index in [4.69, 9.17) is 20.2 Å². The molecule has 0 aromatic heterocycles. The molecule has 0 saturated carbocycles. The monoisotopic (exact) mass is 288 g/mol. The Morgan fingerprint density at radius 2 is 1.72 bits per heavy atom. The minimum Gasteiger partial charge on any atom is -0.493 e. The Morgan fingerprint density at radius 3 is 2.39 bits per heavy atom. The second-order valence-corrected chi connectivity index (χ2v) is 7.38. The maximum absolute atomic E-state index is 11.4. The van der Waals surface area contributed by atoms with Crippen LogP contribution in [0.1, 0.15) is 22.3 Å². The predicted octanol–water partition coefficient (Wildman–Crippen LogP) is 1.93. The molecule has 0 spiro atoms. The van der Waals surface area contributed by atoms with Gasteiger partial charge >= 0.3 is 0 Å². The molecule has 0 aliphatic carbocycles. The Morgan fingerprint density at radius 1 is 1.11 bits per heavy atom. The van der Waals surface area contributed by atoms with Gasteiger partial charge in [0.05, 0.1) is 19.0 Å². The average Bonchev–Trinajstić information content (AvgIpc) is 2.91. The van der Waals surface area contributed by atoms with Crippen LogP contribution < -0.4 is 9.47 Å². The van der Waals surface area contributed by atoms with Gasteiger partial charge in [-0.1, -0.05) is 0 Å². The first-order chi connectivity index (χ1) is 8.47. The van der Waals surface area contributed by atoms with Gasteiger partial charge in [0, 0.05) is 40.2 Å². The van der Waals surface area contributed by atoms with Crippen molar-refractivity contribution in [3.8, 4) is 11.5 Å². The second-order valence-electron chi connectivity index (χ2n) is 4.60. The normalized spacial score (nSPS) is 17.0. The van der Waals surface area contributed by atoms with Crippen LogP contribution in [-0.2, 0) is 27.6 Å². The maximum Gasteiger partial charge on any atom is 0.236 e. The molecule has 98 valence electrons. The summed E-state index contributed by atoms with van der Waals surface area (Å²) in [6.45, 7) is 3.18. The number of halogens is 1. The van der Waals surface area contributed by atoms with Gasteiger partial charge in [0.15, 0.2) is 0 Å². The van der Waals surface area contributed by atoms with Crippen LogP contribution in [0.25, 0.3) is 0 Å². The molecule has 1 aromatic rings. The van der Waals surface area contributed by atoms with Crippen molar-refractivity contribution < 1.29 is 17.9 Å². The lowest BCUT2D eigenvalue weighted by molar-refractivity contribution is 0.353. The zero-order valence-corrected chi connectivity index (χ0v) is 11.5. The number of hydrogen-bond donors (Lipinski definition) is 0. The molecule has 0 amide bonds. The van der Waals surface area contributed by atoms with Gasteiger partial charge in [-0.3, -0.25) is 0 Å². The topological polar surface area (TPSA) is 52.6 Å². The van der Waals surface area contributed by atoms with E-state index in [1.54, 1.807) is 0 Å². The molecule has 0 fully saturated rings. The van der Waals surface area contributed by atoms with Gasteiger partial charge in [-0.25, -0.2) is 8.42 Å². The summed E-state index contributed by atoms with van der Waals surface area (Å²) in [4.78, 5) is 0. The van der Waals surface area contributed by atoms with Gasteiger partial charge in [0.2, 0.25) is 9.05 Å². The predicted molar refractivity (Wildman–Crippen MR) is 68.1 cm³/mol. The van der Waals surface area contributed by atoms with E-state index in [9.17, 15) is 8.42 Å². The van der Waals surface area contributed by atoms with E-state index in [1.165, 1.54) is 0 Å². The highest BCUT2D eigenvalue weighted by Crippen LogP contribution is 2.44. The van der Waals surface area contributed by atoms with Crippen LogP contribution >= 0.6 is 10.7 Å². The molecule has 18 heavy (non-hydrogen) atoms. The molecule has 2 aliphatic rings. The Balaban J connectivity index is 2.24. The van der Waals surface area contributed by atoms with E-state index in [0.717, 1.165) is 28.9 Å². The minimum atomic E-state index is -3.60. The molecule has 0 N–H and O–H groups in total. The van der Waals surface area contributed by atoms with Crippen molar-refractivity contribution in [3.05, 3.63) is 22.3 Å². The zero-order valence-electron chi connectivity index (χ0n) is 9.95. The van der Waals surface area contributed by atoms with Crippen molar-refractivity contribution in [1.82, 2.24) is 0 Å². The fourth-order valence-corrected chi connectivity index (χ4v) is 3.74. The third-order valence-electron chi connectivity index (χ3n) is 3.49. The quantitative estimate of drug-likeness (QED) is 0.781. The van der Waals surface area contributed by atoms with E-state index in [0.29, 0.717) is 30.9 Å². The van der Waals surface area contributed by atoms with Crippen LogP contribution in [0.4, 0.5) is 0 Å². The molecule has 3 rings (SSSR count). The SMILES string of the molecule is Cc1c2c(c(CS(=O)(=O)Cl)c3c1OCC3)OCC2.